The first kappa shape index (κ1) is 10.9. The fraction of sp³-hybridized carbons (Fsp3) is 0.222. The summed E-state index contributed by atoms with van der Waals surface area (Å²) in [5.74, 6) is 1.22. The summed E-state index contributed by atoms with van der Waals surface area (Å²) in [6.45, 7) is 0. The van der Waals surface area contributed by atoms with E-state index in [9.17, 15) is 0 Å². The van der Waals surface area contributed by atoms with E-state index in [2.05, 4.69) is 72.1 Å². The number of fused-ring (bicyclic) bond motifs is 3. The number of hydrogen-bond acceptors (Lipinski definition) is 1. The van der Waals surface area contributed by atoms with Crippen LogP contribution >= 0.6 is 0 Å². The van der Waals surface area contributed by atoms with Gasteiger partial charge in [-0.25, -0.2) is 0 Å². The predicted octanol–water partition coefficient (Wildman–Crippen LogP) is 4.51. The monoisotopic (exact) mass is 247 g/mol. The summed E-state index contributed by atoms with van der Waals surface area (Å²) < 4.78 is 0. The first-order valence-corrected chi connectivity index (χ1v) is 7.00. The van der Waals surface area contributed by atoms with Crippen molar-refractivity contribution in [1.29, 1.82) is 0 Å². The normalized spacial score (nSPS) is 27.5. The van der Waals surface area contributed by atoms with Crippen LogP contribution in [0, 0.1) is 5.92 Å². The summed E-state index contributed by atoms with van der Waals surface area (Å²) in [4.78, 5) is 0. The first-order valence-electron chi connectivity index (χ1n) is 7.00. The highest BCUT2D eigenvalue weighted by Gasteiger charge is 2.37. The average molecular weight is 247 g/mol. The molecule has 2 aromatic carbocycles. The molecule has 0 fully saturated rings. The Balaban J connectivity index is 1.80. The minimum absolute atomic E-state index is 0.427. The number of benzene rings is 2. The number of hydrogen-bond donors (Lipinski definition) is 1. The lowest BCUT2D eigenvalue weighted by molar-refractivity contribution is 0.425. The third-order valence-electron chi connectivity index (χ3n) is 4.43. The van der Waals surface area contributed by atoms with E-state index in [0.29, 0.717) is 17.9 Å². The fourth-order valence-electron chi connectivity index (χ4n) is 3.53. The second-order valence-electron chi connectivity index (χ2n) is 5.47. The van der Waals surface area contributed by atoms with Crippen molar-refractivity contribution >= 4 is 5.69 Å². The Hall–Kier alpha value is -2.02. The zero-order valence-electron chi connectivity index (χ0n) is 10.8. The largest absolute Gasteiger partial charge is 0.378 e. The molecule has 0 saturated heterocycles. The summed E-state index contributed by atoms with van der Waals surface area (Å²) in [6, 6.07) is 20.0. The molecule has 0 amide bonds. The van der Waals surface area contributed by atoms with E-state index < -0.39 is 0 Å². The Labute approximate surface area is 114 Å². The third kappa shape index (κ3) is 1.69. The van der Waals surface area contributed by atoms with Gasteiger partial charge in [0.1, 0.15) is 0 Å². The Morgan fingerprint density at radius 2 is 1.68 bits per heavy atom. The maximum atomic E-state index is 3.74. The standard InChI is InChI=1S/C18H17N/c1-2-7-13(8-3-1)18-16-11-6-10-14(16)15-9-4-5-12-17(15)19-18/h1-10,12,14,16,18-19H,11H2/t14-,16-,18+/m1/s1. The van der Waals surface area contributed by atoms with Crippen LogP contribution in [0.3, 0.4) is 0 Å². The highest BCUT2D eigenvalue weighted by molar-refractivity contribution is 5.59. The Kier molecular flexibility index (Phi) is 2.44. The zero-order valence-corrected chi connectivity index (χ0v) is 10.8. The molecule has 0 unspecified atom stereocenters. The smallest absolute Gasteiger partial charge is 0.0553 e. The van der Waals surface area contributed by atoms with Crippen LogP contribution in [0.2, 0.25) is 0 Å². The summed E-state index contributed by atoms with van der Waals surface area (Å²) in [5, 5.41) is 3.74. The van der Waals surface area contributed by atoms with Gasteiger partial charge in [-0.05, 0) is 29.5 Å². The molecule has 1 aliphatic heterocycles. The summed E-state index contributed by atoms with van der Waals surface area (Å²) >= 11 is 0. The Morgan fingerprint density at radius 3 is 2.58 bits per heavy atom. The van der Waals surface area contributed by atoms with Crippen LogP contribution in [-0.2, 0) is 0 Å². The molecule has 2 aliphatic rings. The number of nitrogens with one attached hydrogen (secondary N) is 1. The first-order chi connectivity index (χ1) is 9.43. The molecule has 0 bridgehead atoms. The molecule has 0 aromatic heterocycles. The molecule has 4 rings (SSSR count). The van der Waals surface area contributed by atoms with Gasteiger partial charge in [-0.2, -0.15) is 0 Å². The number of rotatable bonds is 1. The van der Waals surface area contributed by atoms with Crippen molar-refractivity contribution in [1.82, 2.24) is 0 Å². The van der Waals surface area contributed by atoms with E-state index >= 15 is 0 Å². The molecule has 19 heavy (non-hydrogen) atoms. The van der Waals surface area contributed by atoms with Crippen LogP contribution in [0.5, 0.6) is 0 Å². The van der Waals surface area contributed by atoms with Gasteiger partial charge in [-0.15, -0.1) is 0 Å². The van der Waals surface area contributed by atoms with Gasteiger partial charge in [-0.3, -0.25) is 0 Å². The van der Waals surface area contributed by atoms with E-state index in [-0.39, 0.29) is 0 Å². The molecule has 0 radical (unpaired) electrons. The molecule has 0 spiro atoms. The number of anilines is 1. The van der Waals surface area contributed by atoms with Crippen LogP contribution < -0.4 is 5.32 Å². The van der Waals surface area contributed by atoms with Gasteiger partial charge in [0.25, 0.3) is 0 Å². The maximum Gasteiger partial charge on any atom is 0.0553 e. The lowest BCUT2D eigenvalue weighted by atomic mass is 9.77. The van der Waals surface area contributed by atoms with Crippen molar-refractivity contribution in [2.45, 2.75) is 18.4 Å². The Morgan fingerprint density at radius 1 is 0.895 bits per heavy atom. The summed E-state index contributed by atoms with van der Waals surface area (Å²) in [7, 11) is 0. The van der Waals surface area contributed by atoms with Crippen molar-refractivity contribution in [2.24, 2.45) is 5.92 Å². The van der Waals surface area contributed by atoms with Crippen molar-refractivity contribution < 1.29 is 0 Å². The lowest BCUT2D eigenvalue weighted by Gasteiger charge is -2.37. The molecular formula is C18H17N. The van der Waals surface area contributed by atoms with Crippen molar-refractivity contribution in [3.8, 4) is 0 Å². The van der Waals surface area contributed by atoms with Gasteiger partial charge in [0, 0.05) is 11.6 Å². The molecule has 1 N–H and O–H groups in total. The highest BCUT2D eigenvalue weighted by atomic mass is 15.0. The van der Waals surface area contributed by atoms with E-state index in [1.807, 2.05) is 0 Å². The molecule has 1 heteroatoms. The number of para-hydroxylation sites is 1. The SMILES string of the molecule is C1=C[C@@H]2c3ccccc3N[C@@H](c3ccccc3)[C@@H]2C1. The summed E-state index contributed by atoms with van der Waals surface area (Å²) in [6.07, 6.45) is 5.90. The fourth-order valence-corrected chi connectivity index (χ4v) is 3.53. The van der Waals surface area contributed by atoms with Gasteiger partial charge in [0.2, 0.25) is 0 Å². The quantitative estimate of drug-likeness (QED) is 0.731. The minimum atomic E-state index is 0.427. The van der Waals surface area contributed by atoms with Crippen LogP contribution in [0.15, 0.2) is 66.7 Å². The van der Waals surface area contributed by atoms with Crippen LogP contribution in [-0.4, -0.2) is 0 Å². The molecule has 1 heterocycles. The minimum Gasteiger partial charge on any atom is -0.378 e. The van der Waals surface area contributed by atoms with Crippen LogP contribution in [0.1, 0.15) is 29.5 Å². The van der Waals surface area contributed by atoms with Crippen molar-refractivity contribution in [2.75, 3.05) is 5.32 Å². The van der Waals surface area contributed by atoms with E-state index in [1.165, 1.54) is 23.2 Å². The molecule has 2 aromatic rings. The molecular weight excluding hydrogens is 230 g/mol. The second kappa shape index (κ2) is 4.27. The van der Waals surface area contributed by atoms with Crippen molar-refractivity contribution in [3.63, 3.8) is 0 Å². The third-order valence-corrected chi connectivity index (χ3v) is 4.43. The Bertz CT molecular complexity index is 615. The molecule has 1 aliphatic carbocycles. The lowest BCUT2D eigenvalue weighted by Crippen LogP contribution is -2.28. The number of allylic oxidation sites excluding steroid dienone is 2. The molecule has 0 saturated carbocycles. The summed E-state index contributed by atoms with van der Waals surface area (Å²) in [5.41, 5.74) is 4.15. The molecule has 3 atom stereocenters. The van der Waals surface area contributed by atoms with Gasteiger partial charge in [-0.1, -0.05) is 60.7 Å². The second-order valence-corrected chi connectivity index (χ2v) is 5.47. The van der Waals surface area contributed by atoms with Gasteiger partial charge >= 0.3 is 0 Å². The maximum absolute atomic E-state index is 3.74. The zero-order chi connectivity index (χ0) is 12.7. The van der Waals surface area contributed by atoms with Crippen LogP contribution in [0.4, 0.5) is 5.69 Å². The molecule has 94 valence electrons. The van der Waals surface area contributed by atoms with Crippen LogP contribution in [0.25, 0.3) is 0 Å². The van der Waals surface area contributed by atoms with Gasteiger partial charge < -0.3 is 5.32 Å². The van der Waals surface area contributed by atoms with E-state index in [1.54, 1.807) is 0 Å². The van der Waals surface area contributed by atoms with E-state index in [0.717, 1.165) is 0 Å². The van der Waals surface area contributed by atoms with Gasteiger partial charge in [0.15, 0.2) is 0 Å². The predicted molar refractivity (Wildman–Crippen MR) is 79.2 cm³/mol. The average Bonchev–Trinajstić information content (AvgIpc) is 2.97. The van der Waals surface area contributed by atoms with Gasteiger partial charge in [0.05, 0.1) is 6.04 Å². The highest BCUT2D eigenvalue weighted by Crippen LogP contribution is 2.49. The van der Waals surface area contributed by atoms with Crippen molar-refractivity contribution in [3.05, 3.63) is 77.9 Å². The molecule has 1 nitrogen and oxygen atoms in total. The topological polar surface area (TPSA) is 12.0 Å². The van der Waals surface area contributed by atoms with E-state index in [4.69, 9.17) is 0 Å².